The highest BCUT2D eigenvalue weighted by Crippen LogP contribution is 2.43. The fourth-order valence-electron chi connectivity index (χ4n) is 8.04. The number of pyridine rings is 1. The van der Waals surface area contributed by atoms with Crippen molar-refractivity contribution in [2.24, 2.45) is 0 Å². The molecule has 0 saturated heterocycles. The highest BCUT2D eigenvalue weighted by atomic mass is 16.4. The summed E-state index contributed by atoms with van der Waals surface area (Å²) in [6, 6.07) is 27.6. The standard InChI is InChI=1S/C36H34N4O/c1-4-37-33-24-11-9-14-25(33)23(3)22(2)19-20-38-30-16-7-5-12-26(30)28-15-10-18-32-34(28)40(38)36(41-32)39-31-17-8-6-13-27(31)29(21-24)35(37)39/h5-8,10,12-13,15-18,21,25H,4,9,11,14,19-20H2,1-3H3/q+2. The number of nitrogens with zero attached hydrogens (tertiary/aromatic N) is 4. The van der Waals surface area contributed by atoms with E-state index in [0.29, 0.717) is 5.92 Å². The van der Waals surface area contributed by atoms with E-state index in [0.717, 1.165) is 43.0 Å². The van der Waals surface area contributed by atoms with E-state index in [4.69, 9.17) is 4.42 Å². The monoisotopic (exact) mass is 538 g/mol. The van der Waals surface area contributed by atoms with Gasteiger partial charge in [-0.15, -0.1) is 4.57 Å². The van der Waals surface area contributed by atoms with Gasteiger partial charge in [-0.2, -0.15) is 0 Å². The molecule has 5 heterocycles. The fourth-order valence-corrected chi connectivity index (χ4v) is 8.04. The van der Waals surface area contributed by atoms with E-state index in [-0.39, 0.29) is 0 Å². The first kappa shape index (κ1) is 23.3. The summed E-state index contributed by atoms with van der Waals surface area (Å²) < 4.78 is 14.4. The van der Waals surface area contributed by atoms with Crippen LogP contribution in [-0.4, -0.2) is 11.1 Å². The topological polar surface area (TPSA) is 29.1 Å². The predicted molar refractivity (Wildman–Crippen MR) is 163 cm³/mol. The van der Waals surface area contributed by atoms with Crippen LogP contribution in [0.3, 0.4) is 0 Å². The van der Waals surface area contributed by atoms with Crippen molar-refractivity contribution < 1.29 is 13.7 Å². The number of hydrogen-bond acceptors (Lipinski definition) is 2. The number of fused-ring (bicyclic) bond motifs is 7. The Kier molecular flexibility index (Phi) is 4.74. The molecule has 41 heavy (non-hydrogen) atoms. The number of oxazole rings is 1. The average molecular weight is 539 g/mol. The lowest BCUT2D eigenvalue weighted by atomic mass is 9.79. The maximum atomic E-state index is 6.97. The number of allylic oxidation sites excluding steroid dienone is 1. The Morgan fingerprint density at radius 3 is 2.63 bits per heavy atom. The number of rotatable bonds is 1. The second-order valence-electron chi connectivity index (χ2n) is 12.0. The molecule has 3 aromatic carbocycles. The van der Waals surface area contributed by atoms with Crippen LogP contribution in [0.15, 0.2) is 88.4 Å². The molecule has 2 bridgehead atoms. The van der Waals surface area contributed by atoms with Crippen molar-refractivity contribution >= 4 is 38.7 Å². The van der Waals surface area contributed by atoms with Crippen LogP contribution < -0.4 is 14.3 Å². The first-order valence-corrected chi connectivity index (χ1v) is 15.2. The summed E-state index contributed by atoms with van der Waals surface area (Å²) in [6.45, 7) is 8.86. The van der Waals surface area contributed by atoms with Gasteiger partial charge >= 0.3 is 11.7 Å². The highest BCUT2D eigenvalue weighted by molar-refractivity contribution is 6.07. The van der Waals surface area contributed by atoms with Gasteiger partial charge in [0.05, 0.1) is 24.2 Å². The van der Waals surface area contributed by atoms with Crippen LogP contribution in [-0.2, 0) is 13.0 Å². The third-order valence-corrected chi connectivity index (χ3v) is 10.1. The molecule has 3 aliphatic rings. The van der Waals surface area contributed by atoms with Crippen molar-refractivity contribution in [2.45, 2.75) is 58.9 Å². The van der Waals surface area contributed by atoms with E-state index in [1.165, 1.54) is 68.4 Å². The van der Waals surface area contributed by atoms with E-state index in [1.807, 2.05) is 0 Å². The Morgan fingerprint density at radius 2 is 1.73 bits per heavy atom. The summed E-state index contributed by atoms with van der Waals surface area (Å²) in [5, 5.41) is 5.06. The van der Waals surface area contributed by atoms with Gasteiger partial charge in [0.25, 0.3) is 0 Å². The van der Waals surface area contributed by atoms with E-state index in [9.17, 15) is 0 Å². The van der Waals surface area contributed by atoms with Crippen molar-refractivity contribution in [3.05, 3.63) is 95.2 Å². The van der Waals surface area contributed by atoms with Gasteiger partial charge in [0, 0.05) is 22.4 Å². The van der Waals surface area contributed by atoms with Crippen LogP contribution in [0, 0.1) is 0 Å². The van der Waals surface area contributed by atoms with Crippen LogP contribution in [0.25, 0.3) is 50.2 Å². The van der Waals surface area contributed by atoms with E-state index < -0.39 is 0 Å². The smallest absolute Gasteiger partial charge is 0.385 e. The first-order chi connectivity index (χ1) is 20.2. The molecule has 0 amide bonds. The minimum Gasteiger partial charge on any atom is -0.385 e. The summed E-state index contributed by atoms with van der Waals surface area (Å²) >= 11 is 0. The van der Waals surface area contributed by atoms with Crippen LogP contribution in [0.2, 0.25) is 0 Å². The van der Waals surface area contributed by atoms with Gasteiger partial charge in [0.2, 0.25) is 5.52 Å². The van der Waals surface area contributed by atoms with Gasteiger partial charge in [-0.3, -0.25) is 0 Å². The largest absolute Gasteiger partial charge is 0.495 e. The minimum atomic E-state index is 0.442. The third kappa shape index (κ3) is 2.96. The summed E-state index contributed by atoms with van der Waals surface area (Å²) in [4.78, 5) is 0. The Labute approximate surface area is 239 Å². The van der Waals surface area contributed by atoms with Crippen LogP contribution in [0.4, 0.5) is 5.69 Å². The Bertz CT molecular complexity index is 2110. The zero-order valence-corrected chi connectivity index (χ0v) is 23.9. The molecule has 1 aliphatic carbocycles. The summed E-state index contributed by atoms with van der Waals surface area (Å²) in [5.74, 6) is 0.442. The van der Waals surface area contributed by atoms with Crippen molar-refractivity contribution in [1.29, 1.82) is 0 Å². The summed E-state index contributed by atoms with van der Waals surface area (Å²) in [5.41, 5.74) is 14.3. The second-order valence-corrected chi connectivity index (χ2v) is 12.0. The van der Waals surface area contributed by atoms with Gasteiger partial charge < -0.3 is 4.42 Å². The van der Waals surface area contributed by atoms with Crippen molar-refractivity contribution in [3.63, 3.8) is 0 Å². The molecule has 6 aromatic rings. The van der Waals surface area contributed by atoms with Crippen molar-refractivity contribution in [1.82, 2.24) is 4.57 Å². The van der Waals surface area contributed by atoms with Gasteiger partial charge in [0.15, 0.2) is 5.58 Å². The minimum absolute atomic E-state index is 0.442. The lowest BCUT2D eigenvalue weighted by molar-refractivity contribution is -0.682. The molecule has 0 fully saturated rings. The number of aryl methyl sites for hydroxylation is 2. The molecule has 9 rings (SSSR count). The zero-order valence-electron chi connectivity index (χ0n) is 23.9. The summed E-state index contributed by atoms with van der Waals surface area (Å²) in [6.07, 6.45) is 4.59. The lowest BCUT2D eigenvalue weighted by Crippen LogP contribution is -2.58. The number of benzene rings is 3. The van der Waals surface area contributed by atoms with Gasteiger partial charge in [-0.05, 0) is 88.4 Å². The molecule has 5 heteroatoms. The van der Waals surface area contributed by atoms with Crippen molar-refractivity contribution in [3.8, 4) is 17.1 Å². The Balaban J connectivity index is 1.53. The molecule has 2 aliphatic heterocycles. The number of para-hydroxylation sites is 3. The van der Waals surface area contributed by atoms with Crippen LogP contribution >= 0.6 is 0 Å². The molecule has 0 spiro atoms. The highest BCUT2D eigenvalue weighted by Gasteiger charge is 2.41. The molecule has 202 valence electrons. The van der Waals surface area contributed by atoms with Crippen LogP contribution in [0.5, 0.6) is 0 Å². The lowest BCUT2D eigenvalue weighted by Gasteiger charge is -2.30. The van der Waals surface area contributed by atoms with Crippen LogP contribution in [0.1, 0.15) is 57.2 Å². The molecular weight excluding hydrogens is 504 g/mol. The van der Waals surface area contributed by atoms with E-state index in [1.54, 1.807) is 5.57 Å². The fraction of sp³-hybridized carbons (Fsp3) is 0.278. The predicted octanol–water partition coefficient (Wildman–Crippen LogP) is 7.53. The van der Waals surface area contributed by atoms with E-state index >= 15 is 0 Å². The third-order valence-electron chi connectivity index (χ3n) is 10.1. The maximum absolute atomic E-state index is 6.97. The quantitative estimate of drug-likeness (QED) is 0.160. The van der Waals surface area contributed by atoms with Gasteiger partial charge in [-0.25, -0.2) is 9.58 Å². The molecule has 0 N–H and O–H groups in total. The zero-order chi connectivity index (χ0) is 27.4. The SMILES string of the molecule is CC[n+]1c2c3cc4c5ccccc5n(c41)-c1oc4cccc5c4[n+]1N(CCC(C)=C(C)C2CCC3)c1ccccc1-5. The number of hydrogen-bond donors (Lipinski definition) is 0. The molecule has 0 saturated carbocycles. The molecule has 0 radical (unpaired) electrons. The Hall–Kier alpha value is -4.38. The normalized spacial score (nSPS) is 17.8. The van der Waals surface area contributed by atoms with Gasteiger partial charge in [0.1, 0.15) is 11.2 Å². The number of anilines is 1. The number of aromatic nitrogens is 3. The molecule has 1 unspecified atom stereocenters. The van der Waals surface area contributed by atoms with Crippen molar-refractivity contribution in [2.75, 3.05) is 11.6 Å². The van der Waals surface area contributed by atoms with E-state index in [2.05, 4.69) is 112 Å². The Morgan fingerprint density at radius 1 is 0.902 bits per heavy atom. The molecule has 1 atom stereocenters. The second kappa shape index (κ2) is 8.32. The van der Waals surface area contributed by atoms with Gasteiger partial charge in [-0.1, -0.05) is 52.2 Å². The average Bonchev–Trinajstić information content (AvgIpc) is 3.55. The molecule has 5 nitrogen and oxygen atoms in total. The maximum Gasteiger partial charge on any atom is 0.495 e. The molecular formula is C36H34N4O+2. The first-order valence-electron chi connectivity index (χ1n) is 15.2. The molecule has 3 aromatic heterocycles. The summed E-state index contributed by atoms with van der Waals surface area (Å²) in [7, 11) is 0.